The molecular formula is C28H31N9O2. The predicted molar refractivity (Wildman–Crippen MR) is 148 cm³/mol. The maximum atomic E-state index is 14.1. The summed E-state index contributed by atoms with van der Waals surface area (Å²) in [5.74, 6) is 1.09. The number of hydrogen-bond acceptors (Lipinski definition) is 10. The van der Waals surface area contributed by atoms with E-state index in [1.54, 1.807) is 10.8 Å². The standard InChI is InChI=1S/C28H31N9O2/c1-18-32-24-25(27(38)37(18)23-9-3-8-22-21(23)7-4-12-31-22)33-28(39-17-20-6-5-14-35(20)2)34-26(24)36-15-13-30-19(16-36)10-11-29/h3-4,7-9,12,19-20,30H,5-6,10,13-17H2,1-2H3/t19-,20-/m0/s1. The zero-order chi connectivity index (χ0) is 26.9. The van der Waals surface area contributed by atoms with E-state index in [1.807, 2.05) is 37.3 Å². The lowest BCUT2D eigenvalue weighted by Gasteiger charge is -2.34. The lowest BCUT2D eigenvalue weighted by molar-refractivity contribution is 0.188. The van der Waals surface area contributed by atoms with Crippen LogP contribution >= 0.6 is 0 Å². The topological polar surface area (TPSA) is 125 Å². The molecule has 11 heteroatoms. The lowest BCUT2D eigenvalue weighted by Crippen LogP contribution is -2.51. The second kappa shape index (κ2) is 10.6. The number of benzene rings is 1. The number of nitrogens with one attached hydrogen (secondary N) is 1. The SMILES string of the molecule is Cc1nc2c(N3CCN[C@@H](CC#N)C3)nc(OC[C@@H]3CCCN3C)nc2c(=O)n1-c1cccc2ncccc12. The molecule has 0 saturated carbocycles. The molecule has 0 amide bonds. The average molecular weight is 526 g/mol. The van der Waals surface area contributed by atoms with Gasteiger partial charge in [-0.1, -0.05) is 6.07 Å². The highest BCUT2D eigenvalue weighted by molar-refractivity contribution is 5.89. The van der Waals surface area contributed by atoms with Crippen molar-refractivity contribution in [2.24, 2.45) is 0 Å². The van der Waals surface area contributed by atoms with Gasteiger partial charge in [-0.3, -0.25) is 14.3 Å². The molecule has 2 aliphatic rings. The van der Waals surface area contributed by atoms with Gasteiger partial charge in [-0.2, -0.15) is 15.2 Å². The minimum Gasteiger partial charge on any atom is -0.462 e. The second-order valence-corrected chi connectivity index (χ2v) is 10.2. The summed E-state index contributed by atoms with van der Waals surface area (Å²) in [4.78, 5) is 37.2. The molecule has 2 aliphatic heterocycles. The third kappa shape index (κ3) is 4.77. The average Bonchev–Trinajstić information content (AvgIpc) is 3.36. The van der Waals surface area contributed by atoms with Crippen LogP contribution in [0.25, 0.3) is 27.6 Å². The molecule has 2 fully saturated rings. The van der Waals surface area contributed by atoms with Gasteiger partial charge in [-0.05, 0) is 57.6 Å². The minimum atomic E-state index is -0.288. The molecular weight excluding hydrogens is 494 g/mol. The summed E-state index contributed by atoms with van der Waals surface area (Å²) >= 11 is 0. The quantitative estimate of drug-likeness (QED) is 0.400. The van der Waals surface area contributed by atoms with Gasteiger partial charge >= 0.3 is 6.01 Å². The summed E-state index contributed by atoms with van der Waals surface area (Å²) in [5, 5.41) is 13.5. The van der Waals surface area contributed by atoms with Crippen LogP contribution in [0, 0.1) is 18.3 Å². The predicted octanol–water partition coefficient (Wildman–Crippen LogP) is 2.20. The fourth-order valence-corrected chi connectivity index (χ4v) is 5.62. The summed E-state index contributed by atoms with van der Waals surface area (Å²) in [6.45, 7) is 5.23. The van der Waals surface area contributed by atoms with Crippen LogP contribution in [0.4, 0.5) is 5.82 Å². The first-order valence-corrected chi connectivity index (χ1v) is 13.4. The molecule has 0 aliphatic carbocycles. The fourth-order valence-electron chi connectivity index (χ4n) is 5.62. The number of piperazine rings is 1. The summed E-state index contributed by atoms with van der Waals surface area (Å²) in [6.07, 6.45) is 4.29. The second-order valence-electron chi connectivity index (χ2n) is 10.2. The Morgan fingerprint density at radius 3 is 2.87 bits per heavy atom. The zero-order valence-corrected chi connectivity index (χ0v) is 22.2. The van der Waals surface area contributed by atoms with Crippen molar-refractivity contribution in [2.45, 2.75) is 38.3 Å². The Morgan fingerprint density at radius 1 is 1.15 bits per heavy atom. The van der Waals surface area contributed by atoms with Crippen molar-refractivity contribution in [3.05, 3.63) is 52.7 Å². The molecule has 1 aromatic carbocycles. The largest absolute Gasteiger partial charge is 0.462 e. The van der Waals surface area contributed by atoms with Crippen LogP contribution in [0.1, 0.15) is 25.1 Å². The number of ether oxygens (including phenoxy) is 1. The van der Waals surface area contributed by atoms with E-state index >= 15 is 0 Å². The summed E-state index contributed by atoms with van der Waals surface area (Å²) in [5.41, 5.74) is 1.85. The first-order valence-electron chi connectivity index (χ1n) is 13.4. The molecule has 11 nitrogen and oxygen atoms in total. The third-order valence-corrected chi connectivity index (χ3v) is 7.68. The molecule has 3 aromatic heterocycles. The van der Waals surface area contributed by atoms with Crippen LogP contribution in [0.5, 0.6) is 6.01 Å². The van der Waals surface area contributed by atoms with Gasteiger partial charge in [0.2, 0.25) is 0 Å². The highest BCUT2D eigenvalue weighted by Gasteiger charge is 2.27. The van der Waals surface area contributed by atoms with Gasteiger partial charge < -0.3 is 19.9 Å². The van der Waals surface area contributed by atoms with E-state index in [2.05, 4.69) is 38.2 Å². The Bertz CT molecular complexity index is 1620. The maximum absolute atomic E-state index is 14.1. The van der Waals surface area contributed by atoms with Crippen molar-refractivity contribution in [3.8, 4) is 17.8 Å². The van der Waals surface area contributed by atoms with Crippen molar-refractivity contribution >= 4 is 27.8 Å². The zero-order valence-electron chi connectivity index (χ0n) is 22.2. The van der Waals surface area contributed by atoms with Crippen molar-refractivity contribution in [2.75, 3.05) is 44.7 Å². The van der Waals surface area contributed by atoms with Gasteiger partial charge in [0.05, 0.1) is 23.7 Å². The van der Waals surface area contributed by atoms with Gasteiger partial charge in [-0.15, -0.1) is 0 Å². The number of hydrogen-bond donors (Lipinski definition) is 1. The van der Waals surface area contributed by atoms with Gasteiger partial charge in [0.25, 0.3) is 5.56 Å². The van der Waals surface area contributed by atoms with Crippen molar-refractivity contribution in [1.29, 1.82) is 5.26 Å². The highest BCUT2D eigenvalue weighted by Crippen LogP contribution is 2.27. The Morgan fingerprint density at radius 2 is 2.05 bits per heavy atom. The number of aryl methyl sites for hydroxylation is 1. The molecule has 39 heavy (non-hydrogen) atoms. The fraction of sp³-hybridized carbons (Fsp3) is 0.429. The van der Waals surface area contributed by atoms with E-state index < -0.39 is 0 Å². The van der Waals surface area contributed by atoms with Gasteiger partial charge in [0, 0.05) is 43.3 Å². The Kier molecular flexibility index (Phi) is 6.81. The van der Waals surface area contributed by atoms with Gasteiger partial charge in [-0.25, -0.2) is 4.98 Å². The number of pyridine rings is 1. The van der Waals surface area contributed by atoms with Crippen LogP contribution in [-0.4, -0.2) is 81.3 Å². The number of fused-ring (bicyclic) bond motifs is 2. The van der Waals surface area contributed by atoms with Crippen LogP contribution in [0.15, 0.2) is 41.3 Å². The Balaban J connectivity index is 1.50. The number of likely N-dealkylation sites (N-methyl/N-ethyl adjacent to an activating group) is 1. The molecule has 2 saturated heterocycles. The van der Waals surface area contributed by atoms with E-state index in [-0.39, 0.29) is 29.2 Å². The van der Waals surface area contributed by atoms with Gasteiger partial charge in [0.1, 0.15) is 17.9 Å². The maximum Gasteiger partial charge on any atom is 0.319 e. The van der Waals surface area contributed by atoms with E-state index in [9.17, 15) is 10.1 Å². The molecule has 0 spiro atoms. The summed E-state index contributed by atoms with van der Waals surface area (Å²) in [7, 11) is 2.09. The number of rotatable bonds is 6. The molecule has 4 aromatic rings. The van der Waals surface area contributed by atoms with E-state index in [0.29, 0.717) is 55.5 Å². The molecule has 200 valence electrons. The van der Waals surface area contributed by atoms with Gasteiger partial charge in [0.15, 0.2) is 11.3 Å². The number of aromatic nitrogens is 5. The van der Waals surface area contributed by atoms with E-state index in [1.165, 1.54) is 0 Å². The molecule has 6 rings (SSSR count). The minimum absolute atomic E-state index is 0.00470. The van der Waals surface area contributed by atoms with Crippen molar-refractivity contribution < 1.29 is 4.74 Å². The van der Waals surface area contributed by atoms with Crippen LogP contribution < -0.4 is 20.5 Å². The van der Waals surface area contributed by atoms with E-state index in [4.69, 9.17) is 14.7 Å². The molecule has 1 N–H and O–H groups in total. The molecule has 0 radical (unpaired) electrons. The lowest BCUT2D eigenvalue weighted by atomic mass is 10.1. The summed E-state index contributed by atoms with van der Waals surface area (Å²) in [6, 6.07) is 12.2. The Hall–Kier alpha value is -4.14. The van der Waals surface area contributed by atoms with Crippen LogP contribution in [0.3, 0.4) is 0 Å². The number of likely N-dealkylation sites (tertiary alicyclic amines) is 1. The van der Waals surface area contributed by atoms with Crippen LogP contribution in [-0.2, 0) is 0 Å². The molecule has 0 bridgehead atoms. The first kappa shape index (κ1) is 25.2. The molecule has 0 unspecified atom stereocenters. The molecule has 5 heterocycles. The number of nitriles is 1. The van der Waals surface area contributed by atoms with E-state index in [0.717, 1.165) is 30.3 Å². The normalized spacial score (nSPS) is 20.0. The summed E-state index contributed by atoms with van der Waals surface area (Å²) < 4.78 is 7.72. The Labute approximate surface area is 226 Å². The van der Waals surface area contributed by atoms with Crippen LogP contribution in [0.2, 0.25) is 0 Å². The first-order chi connectivity index (χ1) is 19.0. The molecule has 2 atom stereocenters. The highest BCUT2D eigenvalue weighted by atomic mass is 16.5. The van der Waals surface area contributed by atoms with Crippen molar-refractivity contribution in [1.82, 2.24) is 34.7 Å². The number of nitrogens with zero attached hydrogens (tertiary/aromatic N) is 8. The smallest absolute Gasteiger partial charge is 0.319 e. The third-order valence-electron chi connectivity index (χ3n) is 7.68. The van der Waals surface area contributed by atoms with Crippen molar-refractivity contribution in [3.63, 3.8) is 0 Å². The monoisotopic (exact) mass is 525 g/mol. The number of anilines is 1.